The molecule has 2 amide bonds. The van der Waals surface area contributed by atoms with Gasteiger partial charge in [0.2, 0.25) is 11.8 Å². The van der Waals surface area contributed by atoms with E-state index in [1.54, 1.807) is 21.9 Å². The zero-order valence-electron chi connectivity index (χ0n) is 14.2. The van der Waals surface area contributed by atoms with Crippen molar-refractivity contribution in [1.82, 2.24) is 4.90 Å². The average Bonchev–Trinajstić information content (AvgIpc) is 3.04. The van der Waals surface area contributed by atoms with Gasteiger partial charge < -0.3 is 14.5 Å². The van der Waals surface area contributed by atoms with Crippen LogP contribution in [0.15, 0.2) is 23.1 Å². The summed E-state index contributed by atoms with van der Waals surface area (Å²) in [4.78, 5) is 27.2. The zero-order valence-corrected chi connectivity index (χ0v) is 15.0. The summed E-state index contributed by atoms with van der Waals surface area (Å²) < 4.78 is 30.3. The van der Waals surface area contributed by atoms with E-state index >= 15 is 0 Å². The number of morpholine rings is 1. The fourth-order valence-corrected chi connectivity index (χ4v) is 4.49. The van der Waals surface area contributed by atoms with Gasteiger partial charge in [-0.1, -0.05) is 0 Å². The highest BCUT2D eigenvalue weighted by atomic mass is 32.2. The Balaban J connectivity index is 1.68. The van der Waals surface area contributed by atoms with Crippen LogP contribution in [-0.4, -0.2) is 63.7 Å². The number of carbonyl (C=O) groups is 2. The molecule has 0 atom stereocenters. The lowest BCUT2D eigenvalue weighted by Crippen LogP contribution is -2.41. The SMILES string of the molecule is CC(=O)N1CCc2cc(S(=O)(=O)CCC(=O)N3CCOCC3)ccc21. The van der Waals surface area contributed by atoms with E-state index in [9.17, 15) is 18.0 Å². The van der Waals surface area contributed by atoms with Crippen LogP contribution in [0.2, 0.25) is 0 Å². The van der Waals surface area contributed by atoms with Gasteiger partial charge in [0.1, 0.15) is 0 Å². The van der Waals surface area contributed by atoms with E-state index in [-0.39, 0.29) is 28.9 Å². The first kappa shape index (κ1) is 17.9. The number of hydrogen-bond donors (Lipinski definition) is 0. The Bertz CT molecular complexity index is 784. The van der Waals surface area contributed by atoms with E-state index in [0.29, 0.717) is 39.3 Å². The molecule has 0 aliphatic carbocycles. The Hall–Kier alpha value is -1.93. The molecule has 0 aromatic heterocycles. The summed E-state index contributed by atoms with van der Waals surface area (Å²) in [5.74, 6) is -0.417. The average molecular weight is 366 g/mol. The summed E-state index contributed by atoms with van der Waals surface area (Å²) in [5.41, 5.74) is 1.63. The fraction of sp³-hybridized carbons (Fsp3) is 0.529. The van der Waals surface area contributed by atoms with Gasteiger partial charge in [0.25, 0.3) is 0 Å². The summed E-state index contributed by atoms with van der Waals surface area (Å²) in [5, 5.41) is 0. The maximum atomic E-state index is 12.6. The lowest BCUT2D eigenvalue weighted by molar-refractivity contribution is -0.134. The number of nitrogens with zero attached hydrogens (tertiary/aromatic N) is 2. The van der Waals surface area contributed by atoms with Crippen molar-refractivity contribution in [2.75, 3.05) is 43.5 Å². The predicted molar refractivity (Wildman–Crippen MR) is 92.2 cm³/mol. The monoisotopic (exact) mass is 366 g/mol. The molecule has 0 unspecified atom stereocenters. The Morgan fingerprint density at radius 2 is 1.88 bits per heavy atom. The van der Waals surface area contributed by atoms with Crippen molar-refractivity contribution in [2.24, 2.45) is 0 Å². The van der Waals surface area contributed by atoms with Gasteiger partial charge in [0.05, 0.1) is 23.9 Å². The molecule has 0 saturated carbocycles. The van der Waals surface area contributed by atoms with Crippen molar-refractivity contribution in [2.45, 2.75) is 24.7 Å². The molecule has 136 valence electrons. The van der Waals surface area contributed by atoms with Crippen LogP contribution in [0.1, 0.15) is 18.9 Å². The fourth-order valence-electron chi connectivity index (χ4n) is 3.21. The van der Waals surface area contributed by atoms with Crippen LogP contribution in [0, 0.1) is 0 Å². The van der Waals surface area contributed by atoms with Crippen LogP contribution in [0.4, 0.5) is 5.69 Å². The highest BCUT2D eigenvalue weighted by Crippen LogP contribution is 2.30. The van der Waals surface area contributed by atoms with Crippen molar-refractivity contribution in [3.63, 3.8) is 0 Å². The largest absolute Gasteiger partial charge is 0.378 e. The second-order valence-electron chi connectivity index (χ2n) is 6.27. The normalized spacial score (nSPS) is 17.5. The van der Waals surface area contributed by atoms with Crippen molar-refractivity contribution in [1.29, 1.82) is 0 Å². The van der Waals surface area contributed by atoms with Gasteiger partial charge in [0.15, 0.2) is 9.84 Å². The second-order valence-corrected chi connectivity index (χ2v) is 8.38. The van der Waals surface area contributed by atoms with Gasteiger partial charge in [-0.3, -0.25) is 9.59 Å². The number of carbonyl (C=O) groups excluding carboxylic acids is 2. The molecule has 8 heteroatoms. The van der Waals surface area contributed by atoms with Crippen molar-refractivity contribution >= 4 is 27.3 Å². The molecule has 2 heterocycles. The van der Waals surface area contributed by atoms with Gasteiger partial charge in [-0.2, -0.15) is 0 Å². The molecule has 2 aliphatic rings. The standard InChI is InChI=1S/C17H22N2O5S/c1-13(20)19-6-4-14-12-15(2-3-16(14)19)25(22,23)11-5-17(21)18-7-9-24-10-8-18/h2-3,12H,4-11H2,1H3. The van der Waals surface area contributed by atoms with Crippen LogP contribution >= 0.6 is 0 Å². The topological polar surface area (TPSA) is 84.0 Å². The number of anilines is 1. The smallest absolute Gasteiger partial charge is 0.223 e. The maximum absolute atomic E-state index is 12.6. The van der Waals surface area contributed by atoms with E-state index < -0.39 is 9.84 Å². The molecule has 2 aliphatic heterocycles. The maximum Gasteiger partial charge on any atom is 0.223 e. The number of rotatable bonds is 4. The van der Waals surface area contributed by atoms with Crippen LogP contribution in [0.5, 0.6) is 0 Å². The van der Waals surface area contributed by atoms with Gasteiger partial charge in [0, 0.05) is 38.7 Å². The van der Waals surface area contributed by atoms with E-state index in [4.69, 9.17) is 4.74 Å². The molecule has 1 aromatic rings. The molecular formula is C17H22N2O5S. The summed E-state index contributed by atoms with van der Waals surface area (Å²) in [6.45, 7) is 4.09. The highest BCUT2D eigenvalue weighted by molar-refractivity contribution is 7.91. The summed E-state index contributed by atoms with van der Waals surface area (Å²) >= 11 is 0. The Morgan fingerprint density at radius 1 is 1.16 bits per heavy atom. The van der Waals surface area contributed by atoms with E-state index in [1.165, 1.54) is 13.0 Å². The number of sulfone groups is 1. The van der Waals surface area contributed by atoms with Gasteiger partial charge in [-0.05, 0) is 30.2 Å². The predicted octanol–water partition coefficient (Wildman–Crippen LogP) is 0.618. The van der Waals surface area contributed by atoms with Crippen LogP contribution < -0.4 is 4.90 Å². The third kappa shape index (κ3) is 3.85. The number of amides is 2. The Labute approximate surface area is 147 Å². The van der Waals surface area contributed by atoms with Crippen LogP contribution in [0.3, 0.4) is 0 Å². The molecular weight excluding hydrogens is 344 g/mol. The second kappa shape index (κ2) is 7.13. The minimum atomic E-state index is -3.54. The van der Waals surface area contributed by atoms with E-state index in [1.807, 2.05) is 0 Å². The molecule has 1 aromatic carbocycles. The third-order valence-corrected chi connectivity index (χ3v) is 6.35. The number of hydrogen-bond acceptors (Lipinski definition) is 5. The summed E-state index contributed by atoms with van der Waals surface area (Å²) in [6, 6.07) is 4.84. The quantitative estimate of drug-likeness (QED) is 0.780. The highest BCUT2D eigenvalue weighted by Gasteiger charge is 2.26. The summed E-state index contributed by atoms with van der Waals surface area (Å²) in [7, 11) is -3.54. The molecule has 0 bridgehead atoms. The molecule has 1 saturated heterocycles. The van der Waals surface area contributed by atoms with Gasteiger partial charge in [-0.25, -0.2) is 8.42 Å². The van der Waals surface area contributed by atoms with Crippen LogP contribution in [0.25, 0.3) is 0 Å². The van der Waals surface area contributed by atoms with Gasteiger partial charge >= 0.3 is 0 Å². The minimum absolute atomic E-state index is 0.0288. The first-order valence-corrected chi connectivity index (χ1v) is 10.0. The van der Waals surface area contributed by atoms with Crippen molar-refractivity contribution < 1.29 is 22.7 Å². The minimum Gasteiger partial charge on any atom is -0.378 e. The zero-order chi connectivity index (χ0) is 18.0. The van der Waals surface area contributed by atoms with Crippen molar-refractivity contribution in [3.8, 4) is 0 Å². The molecule has 3 rings (SSSR count). The molecule has 0 N–H and O–H groups in total. The first-order chi connectivity index (χ1) is 11.9. The van der Waals surface area contributed by atoms with Crippen LogP contribution in [-0.2, 0) is 30.6 Å². The lowest BCUT2D eigenvalue weighted by Gasteiger charge is -2.26. The number of benzene rings is 1. The van der Waals surface area contributed by atoms with E-state index in [2.05, 4.69) is 0 Å². The molecule has 1 fully saturated rings. The van der Waals surface area contributed by atoms with Gasteiger partial charge in [-0.15, -0.1) is 0 Å². The van der Waals surface area contributed by atoms with Crippen molar-refractivity contribution in [3.05, 3.63) is 23.8 Å². The Morgan fingerprint density at radius 3 is 2.56 bits per heavy atom. The third-order valence-electron chi connectivity index (χ3n) is 4.63. The first-order valence-electron chi connectivity index (χ1n) is 8.38. The molecule has 7 nitrogen and oxygen atoms in total. The molecule has 25 heavy (non-hydrogen) atoms. The molecule has 0 spiro atoms. The Kier molecular flexibility index (Phi) is 5.10. The summed E-state index contributed by atoms with van der Waals surface area (Å²) in [6.07, 6.45) is 0.615. The number of fused-ring (bicyclic) bond motifs is 1. The lowest BCUT2D eigenvalue weighted by atomic mass is 10.2. The molecule has 0 radical (unpaired) electrons. The van der Waals surface area contributed by atoms with E-state index in [0.717, 1.165) is 11.3 Å². The number of ether oxygens (including phenoxy) is 1.